The zero-order valence-corrected chi connectivity index (χ0v) is 14.7. The Morgan fingerprint density at radius 3 is 2.30 bits per heavy atom. The van der Waals surface area contributed by atoms with Gasteiger partial charge in [-0.05, 0) is 43.3 Å². The Kier molecular flexibility index (Phi) is 4.26. The van der Waals surface area contributed by atoms with E-state index < -0.39 is 5.97 Å². The van der Waals surface area contributed by atoms with Crippen molar-refractivity contribution < 1.29 is 9.90 Å². The second-order valence-electron chi connectivity index (χ2n) is 6.29. The first-order chi connectivity index (χ1) is 13.1. The molecule has 0 saturated heterocycles. The fraction of sp³-hybridized carbons (Fsp3) is 0.0455. The molecule has 0 aliphatic rings. The number of aryl methyl sites for hydroxylation is 1. The largest absolute Gasteiger partial charge is 0.478 e. The number of para-hydroxylation sites is 1. The molecule has 27 heavy (non-hydrogen) atoms. The third-order valence-corrected chi connectivity index (χ3v) is 4.31. The summed E-state index contributed by atoms with van der Waals surface area (Å²) in [5.41, 5.74) is 3.96. The van der Waals surface area contributed by atoms with E-state index in [1.807, 2.05) is 55.5 Å². The van der Waals surface area contributed by atoms with Gasteiger partial charge >= 0.3 is 5.97 Å². The Bertz CT molecular complexity index is 1120. The molecule has 0 aliphatic heterocycles. The lowest BCUT2D eigenvalue weighted by atomic mass is 10.1. The molecule has 5 heteroatoms. The third-order valence-electron chi connectivity index (χ3n) is 4.31. The summed E-state index contributed by atoms with van der Waals surface area (Å²) in [6.07, 6.45) is 0. The maximum Gasteiger partial charge on any atom is 0.335 e. The Hall–Kier alpha value is -3.73. The van der Waals surface area contributed by atoms with Crippen LogP contribution in [-0.4, -0.2) is 21.0 Å². The van der Waals surface area contributed by atoms with Crippen LogP contribution < -0.4 is 5.32 Å². The highest BCUT2D eigenvalue weighted by atomic mass is 16.4. The van der Waals surface area contributed by atoms with Crippen molar-refractivity contribution in [2.24, 2.45) is 0 Å². The summed E-state index contributed by atoms with van der Waals surface area (Å²) in [4.78, 5) is 20.4. The smallest absolute Gasteiger partial charge is 0.335 e. The van der Waals surface area contributed by atoms with E-state index in [0.717, 1.165) is 22.2 Å². The molecular formula is C22H17N3O2. The number of carbonyl (C=O) groups is 1. The second-order valence-corrected chi connectivity index (χ2v) is 6.29. The SMILES string of the molecule is Cc1ccc(-c2nc(Nc3ccc(C(=O)O)cc3)c3ccccc3n2)cc1. The van der Waals surface area contributed by atoms with Gasteiger partial charge in [0.1, 0.15) is 5.82 Å². The minimum Gasteiger partial charge on any atom is -0.478 e. The van der Waals surface area contributed by atoms with Gasteiger partial charge in [-0.15, -0.1) is 0 Å². The van der Waals surface area contributed by atoms with Gasteiger partial charge in [-0.2, -0.15) is 0 Å². The molecule has 1 heterocycles. The van der Waals surface area contributed by atoms with Crippen molar-refractivity contribution in [2.45, 2.75) is 6.92 Å². The van der Waals surface area contributed by atoms with Gasteiger partial charge in [-0.1, -0.05) is 42.0 Å². The Morgan fingerprint density at radius 2 is 1.59 bits per heavy atom. The molecule has 0 aliphatic carbocycles. The number of carboxylic acids is 1. The molecule has 0 bridgehead atoms. The van der Waals surface area contributed by atoms with Crippen molar-refractivity contribution in [3.63, 3.8) is 0 Å². The van der Waals surface area contributed by atoms with Gasteiger partial charge in [0.25, 0.3) is 0 Å². The number of nitrogens with one attached hydrogen (secondary N) is 1. The minimum atomic E-state index is -0.948. The van der Waals surface area contributed by atoms with Crippen LogP contribution in [0.2, 0.25) is 0 Å². The van der Waals surface area contributed by atoms with E-state index in [-0.39, 0.29) is 5.56 Å². The van der Waals surface area contributed by atoms with Crippen LogP contribution in [-0.2, 0) is 0 Å². The second kappa shape index (κ2) is 6.88. The standard InChI is InChI=1S/C22H17N3O2/c1-14-6-8-15(9-7-14)20-24-19-5-3-2-4-18(19)21(25-20)23-17-12-10-16(11-13-17)22(26)27/h2-13H,1H3,(H,26,27)(H,23,24,25). The molecular weight excluding hydrogens is 338 g/mol. The number of anilines is 2. The number of benzene rings is 3. The average Bonchev–Trinajstić information content (AvgIpc) is 2.69. The lowest BCUT2D eigenvalue weighted by Crippen LogP contribution is -2.00. The number of nitrogens with zero attached hydrogens (tertiary/aromatic N) is 2. The monoisotopic (exact) mass is 355 g/mol. The highest BCUT2D eigenvalue weighted by molar-refractivity contribution is 5.93. The summed E-state index contributed by atoms with van der Waals surface area (Å²) in [6, 6.07) is 22.5. The fourth-order valence-electron chi connectivity index (χ4n) is 2.84. The van der Waals surface area contributed by atoms with E-state index in [4.69, 9.17) is 10.1 Å². The molecule has 2 N–H and O–H groups in total. The van der Waals surface area contributed by atoms with Crippen molar-refractivity contribution in [1.82, 2.24) is 9.97 Å². The minimum absolute atomic E-state index is 0.244. The average molecular weight is 355 g/mol. The molecule has 1 aromatic heterocycles. The van der Waals surface area contributed by atoms with Crippen molar-refractivity contribution in [1.29, 1.82) is 0 Å². The first-order valence-corrected chi connectivity index (χ1v) is 8.54. The number of aromatic carboxylic acids is 1. The van der Waals surface area contributed by atoms with Gasteiger partial charge in [0.05, 0.1) is 11.1 Å². The van der Waals surface area contributed by atoms with Crippen LogP contribution in [0.1, 0.15) is 15.9 Å². The molecule has 5 nitrogen and oxygen atoms in total. The highest BCUT2D eigenvalue weighted by Crippen LogP contribution is 2.27. The molecule has 0 amide bonds. The van der Waals surface area contributed by atoms with E-state index >= 15 is 0 Å². The molecule has 3 aromatic carbocycles. The van der Waals surface area contributed by atoms with E-state index in [1.54, 1.807) is 24.3 Å². The van der Waals surface area contributed by atoms with Gasteiger partial charge in [-0.3, -0.25) is 0 Å². The first kappa shape index (κ1) is 16.7. The number of aromatic nitrogens is 2. The summed E-state index contributed by atoms with van der Waals surface area (Å²) < 4.78 is 0. The van der Waals surface area contributed by atoms with E-state index in [2.05, 4.69) is 10.3 Å². The molecule has 4 aromatic rings. The predicted molar refractivity (Wildman–Crippen MR) is 106 cm³/mol. The molecule has 4 rings (SSSR count). The number of carboxylic acid groups (broad SMARTS) is 1. The first-order valence-electron chi connectivity index (χ1n) is 8.54. The van der Waals surface area contributed by atoms with E-state index in [0.29, 0.717) is 11.6 Å². The fourth-order valence-corrected chi connectivity index (χ4v) is 2.84. The number of fused-ring (bicyclic) bond motifs is 1. The quantitative estimate of drug-likeness (QED) is 0.536. The molecule has 0 unspecified atom stereocenters. The topological polar surface area (TPSA) is 75.1 Å². The molecule has 132 valence electrons. The van der Waals surface area contributed by atoms with Gasteiger partial charge in [-0.25, -0.2) is 14.8 Å². The zero-order valence-electron chi connectivity index (χ0n) is 14.7. The maximum atomic E-state index is 11.0. The third kappa shape index (κ3) is 3.48. The van der Waals surface area contributed by atoms with Crippen LogP contribution in [0, 0.1) is 6.92 Å². The Morgan fingerprint density at radius 1 is 0.889 bits per heavy atom. The summed E-state index contributed by atoms with van der Waals surface area (Å²) >= 11 is 0. The van der Waals surface area contributed by atoms with E-state index in [1.165, 1.54) is 5.56 Å². The van der Waals surface area contributed by atoms with Gasteiger partial charge in [0.15, 0.2) is 5.82 Å². The van der Waals surface area contributed by atoms with Crippen LogP contribution in [0.5, 0.6) is 0 Å². The van der Waals surface area contributed by atoms with Crippen molar-refractivity contribution in [2.75, 3.05) is 5.32 Å². The van der Waals surface area contributed by atoms with E-state index in [9.17, 15) is 4.79 Å². The van der Waals surface area contributed by atoms with Gasteiger partial charge in [0.2, 0.25) is 0 Å². The number of rotatable bonds is 4. The van der Waals surface area contributed by atoms with Crippen LogP contribution in [0.15, 0.2) is 72.8 Å². The van der Waals surface area contributed by atoms with Crippen LogP contribution in [0.25, 0.3) is 22.3 Å². The summed E-state index contributed by atoms with van der Waals surface area (Å²) in [6.45, 7) is 2.04. The predicted octanol–water partition coefficient (Wildman–Crippen LogP) is 5.05. The van der Waals surface area contributed by atoms with Crippen molar-refractivity contribution >= 4 is 28.4 Å². The summed E-state index contributed by atoms with van der Waals surface area (Å²) in [7, 11) is 0. The van der Waals surface area contributed by atoms with Gasteiger partial charge < -0.3 is 10.4 Å². The summed E-state index contributed by atoms with van der Waals surface area (Å²) in [5.74, 6) is 0.369. The van der Waals surface area contributed by atoms with Crippen molar-refractivity contribution in [3.05, 3.63) is 83.9 Å². The maximum absolute atomic E-state index is 11.0. The molecule has 0 fully saturated rings. The van der Waals surface area contributed by atoms with Gasteiger partial charge in [0, 0.05) is 16.6 Å². The Balaban J connectivity index is 1.78. The lowest BCUT2D eigenvalue weighted by Gasteiger charge is -2.11. The molecule has 0 saturated carbocycles. The summed E-state index contributed by atoms with van der Waals surface area (Å²) in [5, 5.41) is 13.2. The molecule has 0 radical (unpaired) electrons. The zero-order chi connectivity index (χ0) is 18.8. The lowest BCUT2D eigenvalue weighted by molar-refractivity contribution is 0.0697. The highest BCUT2D eigenvalue weighted by Gasteiger charge is 2.10. The van der Waals surface area contributed by atoms with Crippen LogP contribution in [0.3, 0.4) is 0 Å². The van der Waals surface area contributed by atoms with Crippen LogP contribution >= 0.6 is 0 Å². The number of hydrogen-bond acceptors (Lipinski definition) is 4. The normalized spacial score (nSPS) is 10.7. The molecule has 0 spiro atoms. The van der Waals surface area contributed by atoms with Crippen LogP contribution in [0.4, 0.5) is 11.5 Å². The number of hydrogen-bond donors (Lipinski definition) is 2. The Labute approximate surface area is 156 Å². The van der Waals surface area contributed by atoms with Crippen molar-refractivity contribution in [3.8, 4) is 11.4 Å². The molecule has 0 atom stereocenters.